The van der Waals surface area contributed by atoms with Crippen LogP contribution in [0.1, 0.15) is 43.7 Å². The van der Waals surface area contributed by atoms with E-state index in [1.807, 2.05) is 6.92 Å². The van der Waals surface area contributed by atoms with Crippen molar-refractivity contribution < 1.29 is 20.1 Å². The fourth-order valence-corrected chi connectivity index (χ4v) is 5.41. The van der Waals surface area contributed by atoms with Crippen molar-refractivity contribution in [3.63, 3.8) is 0 Å². The Hall–Kier alpha value is -1.39. The number of hydrogen-bond donors (Lipinski definition) is 3. The Labute approximate surface area is 129 Å². The van der Waals surface area contributed by atoms with E-state index in [1.165, 1.54) is 0 Å². The van der Waals surface area contributed by atoms with Crippen LogP contribution in [0, 0.1) is 17.3 Å². The van der Waals surface area contributed by atoms with Crippen LogP contribution in [0.25, 0.3) is 0 Å². The van der Waals surface area contributed by atoms with Crippen LogP contribution in [0.5, 0.6) is 5.75 Å². The number of benzene rings is 1. The van der Waals surface area contributed by atoms with Gasteiger partial charge in [0.05, 0.1) is 6.10 Å². The van der Waals surface area contributed by atoms with Crippen LogP contribution in [0.2, 0.25) is 0 Å². The van der Waals surface area contributed by atoms with Crippen molar-refractivity contribution in [1.29, 1.82) is 0 Å². The predicted octanol–water partition coefficient (Wildman–Crippen LogP) is 1.89. The summed E-state index contributed by atoms with van der Waals surface area (Å²) in [6.45, 7) is 1.96. The molecule has 4 rings (SSSR count). The lowest BCUT2D eigenvalue weighted by Gasteiger charge is -2.55. The maximum Gasteiger partial charge on any atom is 0.139 e. The summed E-state index contributed by atoms with van der Waals surface area (Å²) in [6, 6.07) is 4.99. The molecule has 2 fully saturated rings. The van der Waals surface area contributed by atoms with E-state index in [0.717, 1.165) is 30.4 Å². The Balaban J connectivity index is 1.85. The summed E-state index contributed by atoms with van der Waals surface area (Å²) in [4.78, 5) is 12.3. The van der Waals surface area contributed by atoms with Gasteiger partial charge in [-0.1, -0.05) is 13.0 Å². The molecule has 0 aliphatic heterocycles. The van der Waals surface area contributed by atoms with Crippen LogP contribution >= 0.6 is 0 Å². The number of hydrogen-bond acceptors (Lipinski definition) is 4. The van der Waals surface area contributed by atoms with Crippen molar-refractivity contribution in [2.75, 3.05) is 0 Å². The number of aryl methyl sites for hydroxylation is 1. The van der Waals surface area contributed by atoms with E-state index in [0.29, 0.717) is 12.8 Å². The van der Waals surface area contributed by atoms with Gasteiger partial charge < -0.3 is 15.3 Å². The summed E-state index contributed by atoms with van der Waals surface area (Å²) in [6.07, 6.45) is 2.26. The quantitative estimate of drug-likeness (QED) is 0.684. The molecule has 0 heterocycles. The van der Waals surface area contributed by atoms with Crippen molar-refractivity contribution in [2.24, 2.45) is 17.3 Å². The van der Waals surface area contributed by atoms with Crippen LogP contribution in [0.3, 0.4) is 0 Å². The molecule has 4 nitrogen and oxygen atoms in total. The number of rotatable bonds is 0. The van der Waals surface area contributed by atoms with E-state index < -0.39 is 17.1 Å². The molecule has 0 saturated heterocycles. The molecular weight excluding hydrogens is 280 g/mol. The summed E-state index contributed by atoms with van der Waals surface area (Å²) in [7, 11) is 0. The zero-order chi connectivity index (χ0) is 15.7. The second-order valence-corrected chi connectivity index (χ2v) is 7.52. The zero-order valence-electron chi connectivity index (χ0n) is 12.7. The van der Waals surface area contributed by atoms with Gasteiger partial charge in [-0.2, -0.15) is 0 Å². The lowest BCUT2D eigenvalue weighted by atomic mass is 9.52. The highest BCUT2D eigenvalue weighted by Crippen LogP contribution is 2.61. The molecular formula is C18H22O4. The molecule has 3 aliphatic rings. The molecule has 0 spiro atoms. The average molecular weight is 302 g/mol. The molecule has 0 amide bonds. The standard InChI is InChI=1S/C18H22O4/c1-17-9-16(21)18(22)12-5-3-11(19)8-10(12)2-4-14(18)13(17)6-7-15(17)20/h3,5,8,13-14,16,19,21-22H,2,4,6-7,9H2,1H3/t13-,14-,16-,17-,18-/m0/s1. The number of aliphatic hydroxyl groups is 2. The first-order chi connectivity index (χ1) is 10.4. The van der Waals surface area contributed by atoms with Gasteiger partial charge in [-0.15, -0.1) is 0 Å². The number of aliphatic hydroxyl groups excluding tert-OH is 1. The molecule has 3 N–H and O–H groups in total. The van der Waals surface area contributed by atoms with E-state index in [4.69, 9.17) is 0 Å². The van der Waals surface area contributed by atoms with E-state index in [1.54, 1.807) is 18.2 Å². The van der Waals surface area contributed by atoms with Crippen molar-refractivity contribution in [3.05, 3.63) is 29.3 Å². The van der Waals surface area contributed by atoms with Gasteiger partial charge in [0.1, 0.15) is 17.1 Å². The van der Waals surface area contributed by atoms with E-state index in [-0.39, 0.29) is 23.4 Å². The minimum Gasteiger partial charge on any atom is -0.508 e. The zero-order valence-corrected chi connectivity index (χ0v) is 12.7. The number of aromatic hydroxyl groups is 1. The molecule has 1 aromatic carbocycles. The fourth-order valence-electron chi connectivity index (χ4n) is 5.41. The highest BCUT2D eigenvalue weighted by Gasteiger charge is 2.63. The third-order valence-electron chi connectivity index (χ3n) is 6.56. The average Bonchev–Trinajstić information content (AvgIpc) is 2.75. The number of ketones is 1. The molecule has 0 aromatic heterocycles. The molecule has 0 unspecified atom stereocenters. The molecule has 118 valence electrons. The van der Waals surface area contributed by atoms with Gasteiger partial charge in [0.2, 0.25) is 0 Å². The second-order valence-electron chi connectivity index (χ2n) is 7.52. The molecule has 5 atom stereocenters. The number of carbonyl (C=O) groups excluding carboxylic acids is 1. The molecule has 2 saturated carbocycles. The van der Waals surface area contributed by atoms with Crippen molar-refractivity contribution in [3.8, 4) is 5.75 Å². The summed E-state index contributed by atoms with van der Waals surface area (Å²) < 4.78 is 0. The third-order valence-corrected chi connectivity index (χ3v) is 6.56. The Kier molecular flexibility index (Phi) is 2.80. The van der Waals surface area contributed by atoms with Gasteiger partial charge in [0.25, 0.3) is 0 Å². The third kappa shape index (κ3) is 1.57. The first-order valence-corrected chi connectivity index (χ1v) is 8.13. The van der Waals surface area contributed by atoms with Gasteiger partial charge in [-0.3, -0.25) is 4.79 Å². The maximum atomic E-state index is 12.3. The smallest absolute Gasteiger partial charge is 0.139 e. The summed E-state index contributed by atoms with van der Waals surface area (Å²) in [5.41, 5.74) is -0.151. The first-order valence-electron chi connectivity index (χ1n) is 8.13. The van der Waals surface area contributed by atoms with E-state index in [2.05, 4.69) is 0 Å². The van der Waals surface area contributed by atoms with Crippen molar-refractivity contribution in [1.82, 2.24) is 0 Å². The van der Waals surface area contributed by atoms with Gasteiger partial charge in [0.15, 0.2) is 0 Å². The largest absolute Gasteiger partial charge is 0.508 e. The summed E-state index contributed by atoms with van der Waals surface area (Å²) >= 11 is 0. The van der Waals surface area contributed by atoms with Gasteiger partial charge in [-0.05, 0) is 60.8 Å². The Morgan fingerprint density at radius 1 is 1.18 bits per heavy atom. The molecule has 22 heavy (non-hydrogen) atoms. The van der Waals surface area contributed by atoms with Crippen molar-refractivity contribution in [2.45, 2.75) is 50.7 Å². The highest BCUT2D eigenvalue weighted by atomic mass is 16.3. The number of Topliss-reactive ketones (excluding diaryl/α,β-unsaturated/α-hetero) is 1. The van der Waals surface area contributed by atoms with E-state index in [9.17, 15) is 20.1 Å². The Bertz CT molecular complexity index is 654. The van der Waals surface area contributed by atoms with Crippen molar-refractivity contribution >= 4 is 5.78 Å². The minimum absolute atomic E-state index is 0.0928. The molecule has 1 aromatic rings. The SMILES string of the molecule is C[C@]12C[C@H](O)[C@]3(O)c4ccc(O)cc4CC[C@H]3[C@@H]1CCC2=O. The number of phenolic OH excluding ortho intramolecular Hbond substituents is 1. The van der Waals surface area contributed by atoms with Crippen LogP contribution in [-0.2, 0) is 16.8 Å². The lowest BCUT2D eigenvalue weighted by Crippen LogP contribution is -2.59. The van der Waals surface area contributed by atoms with E-state index >= 15 is 0 Å². The van der Waals surface area contributed by atoms with Crippen LogP contribution in [-0.4, -0.2) is 27.2 Å². The minimum atomic E-state index is -1.30. The topological polar surface area (TPSA) is 77.8 Å². The Morgan fingerprint density at radius 3 is 2.68 bits per heavy atom. The number of fused-ring (bicyclic) bond motifs is 5. The van der Waals surface area contributed by atoms with Crippen LogP contribution in [0.15, 0.2) is 18.2 Å². The molecule has 0 bridgehead atoms. The van der Waals surface area contributed by atoms with Crippen LogP contribution in [0.4, 0.5) is 0 Å². The molecule has 4 heteroatoms. The second kappa shape index (κ2) is 4.33. The summed E-state index contributed by atoms with van der Waals surface area (Å²) in [5.74, 6) is 0.460. The Morgan fingerprint density at radius 2 is 1.91 bits per heavy atom. The maximum absolute atomic E-state index is 12.3. The van der Waals surface area contributed by atoms with Gasteiger partial charge >= 0.3 is 0 Å². The number of carbonyl (C=O) groups is 1. The summed E-state index contributed by atoms with van der Waals surface area (Å²) in [5, 5.41) is 31.8. The number of phenols is 1. The van der Waals surface area contributed by atoms with Crippen LogP contribution < -0.4 is 0 Å². The lowest BCUT2D eigenvalue weighted by molar-refractivity contribution is -0.197. The van der Waals surface area contributed by atoms with Gasteiger partial charge in [-0.25, -0.2) is 0 Å². The molecule has 0 radical (unpaired) electrons. The normalized spacial score (nSPS) is 43.4. The highest BCUT2D eigenvalue weighted by molar-refractivity contribution is 5.87. The predicted molar refractivity (Wildman–Crippen MR) is 80.3 cm³/mol. The van der Waals surface area contributed by atoms with Gasteiger partial charge in [0, 0.05) is 11.8 Å². The first kappa shape index (κ1) is 14.2. The molecule has 3 aliphatic carbocycles. The fraction of sp³-hybridized carbons (Fsp3) is 0.611. The monoisotopic (exact) mass is 302 g/mol.